The molecule has 3 heteroatoms. The van der Waals surface area contributed by atoms with Crippen molar-refractivity contribution in [3.63, 3.8) is 0 Å². The van der Waals surface area contributed by atoms with Crippen LogP contribution in [0.5, 0.6) is 5.75 Å². The molecule has 0 amide bonds. The van der Waals surface area contributed by atoms with Gasteiger partial charge < -0.3 is 10.5 Å². The molecule has 2 aromatic rings. The molecule has 94 valence electrons. The van der Waals surface area contributed by atoms with Gasteiger partial charge in [-0.3, -0.25) is 0 Å². The largest absolute Gasteiger partial charge is 0.490 e. The lowest BCUT2D eigenvalue weighted by molar-refractivity contribution is 0.305. The Kier molecular flexibility index (Phi) is 3.82. The van der Waals surface area contributed by atoms with E-state index in [-0.39, 0.29) is 5.82 Å². The van der Waals surface area contributed by atoms with Crippen molar-refractivity contribution in [1.82, 2.24) is 0 Å². The van der Waals surface area contributed by atoms with Crippen molar-refractivity contribution in [1.29, 1.82) is 0 Å². The summed E-state index contributed by atoms with van der Waals surface area (Å²) < 4.78 is 18.9. The molecule has 0 heterocycles. The zero-order chi connectivity index (χ0) is 13.0. The normalized spacial score (nSPS) is 10.3. The summed E-state index contributed by atoms with van der Waals surface area (Å²) in [5.74, 6) is -0.0108. The molecule has 2 N–H and O–H groups in total. The van der Waals surface area contributed by atoms with Crippen LogP contribution in [0.3, 0.4) is 0 Å². The Balaban J connectivity index is 1.92. The lowest BCUT2D eigenvalue weighted by Crippen LogP contribution is -2.03. The number of aryl methyl sites for hydroxylation is 1. The number of nitrogens with two attached hydrogens (primary N) is 1. The molecule has 0 spiro atoms. The van der Waals surface area contributed by atoms with Crippen molar-refractivity contribution in [3.05, 3.63) is 59.4 Å². The molecule has 0 fully saturated rings. The highest BCUT2D eigenvalue weighted by molar-refractivity contribution is 5.39. The molecular weight excluding hydrogens is 229 g/mol. The molecule has 0 bridgehead atoms. The summed E-state index contributed by atoms with van der Waals surface area (Å²) in [4.78, 5) is 0. The van der Waals surface area contributed by atoms with E-state index in [1.54, 1.807) is 12.1 Å². The molecule has 0 saturated heterocycles. The summed E-state index contributed by atoms with van der Waals surface area (Å²) in [5, 5.41) is 0. The van der Waals surface area contributed by atoms with Crippen molar-refractivity contribution >= 4 is 5.69 Å². The fourth-order valence-electron chi connectivity index (χ4n) is 1.68. The zero-order valence-corrected chi connectivity index (χ0v) is 10.3. The maximum Gasteiger partial charge on any atom is 0.165 e. The second-order valence-corrected chi connectivity index (χ2v) is 4.27. The maximum absolute atomic E-state index is 13.4. The van der Waals surface area contributed by atoms with E-state index in [4.69, 9.17) is 10.5 Å². The lowest BCUT2D eigenvalue weighted by Gasteiger charge is -2.08. The highest BCUT2D eigenvalue weighted by atomic mass is 19.1. The Bertz CT molecular complexity index is 523. The van der Waals surface area contributed by atoms with Gasteiger partial charge in [0.05, 0.1) is 6.61 Å². The van der Waals surface area contributed by atoms with Gasteiger partial charge in [-0.25, -0.2) is 4.39 Å². The van der Waals surface area contributed by atoms with Gasteiger partial charge in [0.2, 0.25) is 0 Å². The SMILES string of the molecule is Cc1ccc(F)c(OCCc2ccc(N)cc2)c1. The van der Waals surface area contributed by atoms with E-state index in [0.717, 1.165) is 23.2 Å². The maximum atomic E-state index is 13.4. The van der Waals surface area contributed by atoms with Gasteiger partial charge in [0, 0.05) is 12.1 Å². The number of ether oxygens (including phenoxy) is 1. The van der Waals surface area contributed by atoms with E-state index in [2.05, 4.69) is 0 Å². The molecule has 0 saturated carbocycles. The van der Waals surface area contributed by atoms with Gasteiger partial charge in [0.25, 0.3) is 0 Å². The summed E-state index contributed by atoms with van der Waals surface area (Å²) >= 11 is 0. The smallest absolute Gasteiger partial charge is 0.165 e. The third kappa shape index (κ3) is 3.23. The first kappa shape index (κ1) is 12.4. The third-order valence-corrected chi connectivity index (χ3v) is 2.71. The first-order chi connectivity index (χ1) is 8.65. The number of anilines is 1. The second-order valence-electron chi connectivity index (χ2n) is 4.27. The van der Waals surface area contributed by atoms with Gasteiger partial charge in [0.1, 0.15) is 0 Å². The van der Waals surface area contributed by atoms with Gasteiger partial charge in [-0.2, -0.15) is 0 Å². The Hall–Kier alpha value is -2.03. The van der Waals surface area contributed by atoms with Crippen LogP contribution in [0.25, 0.3) is 0 Å². The molecular formula is C15H16FNO. The van der Waals surface area contributed by atoms with Crippen LogP contribution in [0.1, 0.15) is 11.1 Å². The standard InChI is InChI=1S/C15H16FNO/c1-11-2-7-14(16)15(10-11)18-9-8-12-3-5-13(17)6-4-12/h2-7,10H,8-9,17H2,1H3. The fourth-order valence-corrected chi connectivity index (χ4v) is 1.68. The summed E-state index contributed by atoms with van der Waals surface area (Å²) in [6.07, 6.45) is 0.730. The van der Waals surface area contributed by atoms with Crippen LogP contribution in [-0.2, 0) is 6.42 Å². The molecule has 0 unspecified atom stereocenters. The Morgan fingerprint density at radius 1 is 1.11 bits per heavy atom. The van der Waals surface area contributed by atoms with E-state index in [1.165, 1.54) is 6.07 Å². The minimum atomic E-state index is -0.321. The van der Waals surface area contributed by atoms with Gasteiger partial charge in [0.15, 0.2) is 11.6 Å². The fraction of sp³-hybridized carbons (Fsp3) is 0.200. The van der Waals surface area contributed by atoms with E-state index in [0.29, 0.717) is 12.4 Å². The third-order valence-electron chi connectivity index (χ3n) is 2.71. The van der Waals surface area contributed by atoms with E-state index in [1.807, 2.05) is 31.2 Å². The molecule has 0 radical (unpaired) electrons. The molecule has 0 atom stereocenters. The molecule has 2 rings (SSSR count). The number of nitrogen functional groups attached to an aromatic ring is 1. The van der Waals surface area contributed by atoms with Gasteiger partial charge in [-0.1, -0.05) is 18.2 Å². The number of benzene rings is 2. The first-order valence-electron chi connectivity index (χ1n) is 5.88. The second kappa shape index (κ2) is 5.54. The Labute approximate surface area is 106 Å². The van der Waals surface area contributed by atoms with Crippen molar-refractivity contribution < 1.29 is 9.13 Å². The van der Waals surface area contributed by atoms with Crippen molar-refractivity contribution in [2.45, 2.75) is 13.3 Å². The average Bonchev–Trinajstić information content (AvgIpc) is 2.36. The van der Waals surface area contributed by atoms with Crippen LogP contribution in [0.15, 0.2) is 42.5 Å². The van der Waals surface area contributed by atoms with Crippen LogP contribution < -0.4 is 10.5 Å². The van der Waals surface area contributed by atoms with Crippen molar-refractivity contribution in [2.24, 2.45) is 0 Å². The number of hydrogen-bond acceptors (Lipinski definition) is 2. The number of rotatable bonds is 4. The minimum Gasteiger partial charge on any atom is -0.490 e. The summed E-state index contributed by atoms with van der Waals surface area (Å²) in [6, 6.07) is 12.5. The van der Waals surface area contributed by atoms with Crippen LogP contribution in [-0.4, -0.2) is 6.61 Å². The Morgan fingerprint density at radius 3 is 2.56 bits per heavy atom. The highest BCUT2D eigenvalue weighted by Crippen LogP contribution is 2.18. The average molecular weight is 245 g/mol. The van der Waals surface area contributed by atoms with E-state index < -0.39 is 0 Å². The predicted molar refractivity (Wildman–Crippen MR) is 71.2 cm³/mol. The molecule has 2 nitrogen and oxygen atoms in total. The molecule has 0 aliphatic carbocycles. The lowest BCUT2D eigenvalue weighted by atomic mass is 10.1. The Morgan fingerprint density at radius 2 is 1.83 bits per heavy atom. The predicted octanol–water partition coefficient (Wildman–Crippen LogP) is 3.34. The summed E-state index contributed by atoms with van der Waals surface area (Å²) in [6.45, 7) is 2.36. The summed E-state index contributed by atoms with van der Waals surface area (Å²) in [7, 11) is 0. The van der Waals surface area contributed by atoms with Gasteiger partial charge >= 0.3 is 0 Å². The van der Waals surface area contributed by atoms with E-state index >= 15 is 0 Å². The quantitative estimate of drug-likeness (QED) is 0.838. The zero-order valence-electron chi connectivity index (χ0n) is 10.3. The van der Waals surface area contributed by atoms with Crippen LogP contribution >= 0.6 is 0 Å². The number of hydrogen-bond donors (Lipinski definition) is 1. The molecule has 0 aromatic heterocycles. The molecule has 18 heavy (non-hydrogen) atoms. The summed E-state index contributed by atoms with van der Waals surface area (Å²) in [5.41, 5.74) is 8.45. The van der Waals surface area contributed by atoms with E-state index in [9.17, 15) is 4.39 Å². The number of halogens is 1. The monoisotopic (exact) mass is 245 g/mol. The van der Waals surface area contributed by atoms with Crippen LogP contribution in [0, 0.1) is 12.7 Å². The molecule has 0 aliphatic heterocycles. The van der Waals surface area contributed by atoms with Crippen molar-refractivity contribution in [2.75, 3.05) is 12.3 Å². The molecule has 2 aromatic carbocycles. The highest BCUT2D eigenvalue weighted by Gasteiger charge is 2.03. The van der Waals surface area contributed by atoms with Gasteiger partial charge in [-0.15, -0.1) is 0 Å². The minimum absolute atomic E-state index is 0.311. The van der Waals surface area contributed by atoms with Crippen LogP contribution in [0.2, 0.25) is 0 Å². The van der Waals surface area contributed by atoms with Gasteiger partial charge in [-0.05, 0) is 42.3 Å². The first-order valence-corrected chi connectivity index (χ1v) is 5.88. The topological polar surface area (TPSA) is 35.2 Å². The van der Waals surface area contributed by atoms with Crippen LogP contribution in [0.4, 0.5) is 10.1 Å². The molecule has 0 aliphatic rings. The van der Waals surface area contributed by atoms with Crippen molar-refractivity contribution in [3.8, 4) is 5.75 Å².